The van der Waals surface area contributed by atoms with E-state index in [2.05, 4.69) is 41.0 Å². The summed E-state index contributed by atoms with van der Waals surface area (Å²) >= 11 is 1.62. The highest BCUT2D eigenvalue weighted by Gasteiger charge is 2.36. The summed E-state index contributed by atoms with van der Waals surface area (Å²) in [6.07, 6.45) is 1.14. The minimum absolute atomic E-state index is 0.0166. The van der Waals surface area contributed by atoms with Gasteiger partial charge < -0.3 is 15.5 Å². The molecule has 0 bridgehead atoms. The van der Waals surface area contributed by atoms with Gasteiger partial charge in [0.15, 0.2) is 0 Å². The summed E-state index contributed by atoms with van der Waals surface area (Å²) in [6, 6.07) is 17.7. The monoisotopic (exact) mass is 407 g/mol. The normalized spacial score (nSPS) is 17.9. The fraction of sp³-hybridized carbons (Fsp3) is 0.304. The third-order valence-corrected chi connectivity index (χ3v) is 6.39. The van der Waals surface area contributed by atoms with Crippen LogP contribution in [0.2, 0.25) is 0 Å². The Hall–Kier alpha value is -2.70. The van der Waals surface area contributed by atoms with E-state index in [1.54, 1.807) is 16.2 Å². The standard InChI is InChI=1S/C23H25N3O2S/c1-24-20(14-16-8-9-17-5-2-3-6-18(17)13-16)23(28)26-11-10-25-22(27)21(26)15-19-7-4-12-29-19/h2-9,12-13,20-21,24H,10-11,14-15H2,1H3,(H,25,27)/t20-,21-/m1/s1. The first kappa shape index (κ1) is 19.6. The maximum Gasteiger partial charge on any atom is 0.243 e. The molecule has 1 aliphatic heterocycles. The average Bonchev–Trinajstić information content (AvgIpc) is 3.26. The number of thiophene rings is 1. The van der Waals surface area contributed by atoms with Gasteiger partial charge in [-0.3, -0.25) is 9.59 Å². The van der Waals surface area contributed by atoms with Gasteiger partial charge in [0.1, 0.15) is 6.04 Å². The molecule has 0 radical (unpaired) electrons. The molecule has 1 saturated heterocycles. The molecular weight excluding hydrogens is 382 g/mol. The van der Waals surface area contributed by atoms with Crippen molar-refractivity contribution in [1.82, 2.24) is 15.5 Å². The largest absolute Gasteiger partial charge is 0.353 e. The molecular formula is C23H25N3O2S. The fourth-order valence-corrected chi connectivity index (χ4v) is 4.66. The van der Waals surface area contributed by atoms with Crippen molar-refractivity contribution in [3.05, 3.63) is 70.4 Å². The van der Waals surface area contributed by atoms with Crippen LogP contribution in [0.4, 0.5) is 0 Å². The average molecular weight is 408 g/mol. The maximum absolute atomic E-state index is 13.4. The molecule has 2 amide bonds. The van der Waals surface area contributed by atoms with Crippen LogP contribution in [0.1, 0.15) is 10.4 Å². The lowest BCUT2D eigenvalue weighted by atomic mass is 9.99. The number of benzene rings is 2. The molecule has 0 aliphatic carbocycles. The predicted molar refractivity (Wildman–Crippen MR) is 117 cm³/mol. The summed E-state index contributed by atoms with van der Waals surface area (Å²) < 4.78 is 0. The van der Waals surface area contributed by atoms with Gasteiger partial charge in [-0.05, 0) is 41.3 Å². The van der Waals surface area contributed by atoms with Crippen LogP contribution in [-0.2, 0) is 22.4 Å². The summed E-state index contributed by atoms with van der Waals surface area (Å²) in [5.41, 5.74) is 1.10. The van der Waals surface area contributed by atoms with Gasteiger partial charge in [-0.15, -0.1) is 11.3 Å². The van der Waals surface area contributed by atoms with E-state index in [0.717, 1.165) is 10.4 Å². The second-order valence-electron chi connectivity index (χ2n) is 7.35. The van der Waals surface area contributed by atoms with Gasteiger partial charge in [0, 0.05) is 24.4 Å². The Labute approximate surface area is 174 Å². The van der Waals surface area contributed by atoms with Crippen LogP contribution in [0.15, 0.2) is 60.0 Å². The van der Waals surface area contributed by atoms with Gasteiger partial charge in [-0.25, -0.2) is 0 Å². The topological polar surface area (TPSA) is 61.4 Å². The first-order valence-corrected chi connectivity index (χ1v) is 10.8. The van der Waals surface area contributed by atoms with Crippen molar-refractivity contribution in [2.75, 3.05) is 20.1 Å². The lowest BCUT2D eigenvalue weighted by Crippen LogP contribution is -2.61. The van der Waals surface area contributed by atoms with Crippen molar-refractivity contribution in [3.63, 3.8) is 0 Å². The maximum atomic E-state index is 13.4. The van der Waals surface area contributed by atoms with Crippen LogP contribution in [0, 0.1) is 0 Å². The number of nitrogens with zero attached hydrogens (tertiary/aromatic N) is 1. The highest BCUT2D eigenvalue weighted by atomic mass is 32.1. The first-order valence-electron chi connectivity index (χ1n) is 9.91. The summed E-state index contributed by atoms with van der Waals surface area (Å²) in [4.78, 5) is 28.8. The van der Waals surface area contributed by atoms with Crippen molar-refractivity contribution in [3.8, 4) is 0 Å². The predicted octanol–water partition coefficient (Wildman–Crippen LogP) is 2.60. The lowest BCUT2D eigenvalue weighted by molar-refractivity contribution is -0.144. The van der Waals surface area contributed by atoms with Crippen molar-refractivity contribution < 1.29 is 9.59 Å². The number of piperazine rings is 1. The molecule has 0 saturated carbocycles. The molecule has 4 rings (SSSR count). The second kappa shape index (κ2) is 8.76. The van der Waals surface area contributed by atoms with E-state index in [0.29, 0.717) is 25.9 Å². The van der Waals surface area contributed by atoms with Gasteiger partial charge in [0.25, 0.3) is 0 Å². The molecule has 5 nitrogen and oxygen atoms in total. The van der Waals surface area contributed by atoms with Gasteiger partial charge in [0.2, 0.25) is 11.8 Å². The van der Waals surface area contributed by atoms with Crippen LogP contribution < -0.4 is 10.6 Å². The number of amides is 2. The number of fused-ring (bicyclic) bond motifs is 1. The molecule has 2 aromatic carbocycles. The Balaban J connectivity index is 1.53. The smallest absolute Gasteiger partial charge is 0.243 e. The summed E-state index contributed by atoms with van der Waals surface area (Å²) in [5, 5.41) is 10.4. The highest BCUT2D eigenvalue weighted by Crippen LogP contribution is 2.20. The van der Waals surface area contributed by atoms with Crippen LogP contribution in [0.3, 0.4) is 0 Å². The first-order chi connectivity index (χ1) is 14.2. The van der Waals surface area contributed by atoms with E-state index in [1.807, 2.05) is 36.7 Å². The Morgan fingerprint density at radius 2 is 2.03 bits per heavy atom. The van der Waals surface area contributed by atoms with Crippen molar-refractivity contribution in [2.45, 2.75) is 24.9 Å². The number of hydrogen-bond acceptors (Lipinski definition) is 4. The van der Waals surface area contributed by atoms with Gasteiger partial charge >= 0.3 is 0 Å². The Morgan fingerprint density at radius 3 is 2.79 bits per heavy atom. The SMILES string of the molecule is CN[C@H](Cc1ccc2ccccc2c1)C(=O)N1CCNC(=O)[C@H]1Cc1cccs1. The number of likely N-dealkylation sites (N-methyl/N-ethyl adjacent to an activating group) is 1. The van der Waals surface area contributed by atoms with Crippen LogP contribution in [0.5, 0.6) is 0 Å². The molecule has 1 aromatic heterocycles. The van der Waals surface area contributed by atoms with E-state index in [1.165, 1.54) is 10.8 Å². The van der Waals surface area contributed by atoms with Crippen LogP contribution in [0.25, 0.3) is 10.8 Å². The van der Waals surface area contributed by atoms with Gasteiger partial charge in [-0.2, -0.15) is 0 Å². The zero-order valence-corrected chi connectivity index (χ0v) is 17.2. The summed E-state index contributed by atoms with van der Waals surface area (Å²) in [5.74, 6) is -0.0874. The Kier molecular flexibility index (Phi) is 5.92. The third-order valence-electron chi connectivity index (χ3n) is 5.49. The Bertz CT molecular complexity index is 1000. The lowest BCUT2D eigenvalue weighted by Gasteiger charge is -2.37. The molecule has 2 N–H and O–H groups in total. The number of carbonyl (C=O) groups excluding carboxylic acids is 2. The highest BCUT2D eigenvalue weighted by molar-refractivity contribution is 7.09. The van der Waals surface area contributed by atoms with E-state index < -0.39 is 6.04 Å². The number of rotatable bonds is 6. The van der Waals surface area contributed by atoms with E-state index in [9.17, 15) is 9.59 Å². The minimum Gasteiger partial charge on any atom is -0.353 e. The van der Waals surface area contributed by atoms with E-state index in [-0.39, 0.29) is 17.9 Å². The number of hydrogen-bond donors (Lipinski definition) is 2. The zero-order valence-electron chi connectivity index (χ0n) is 16.4. The quantitative estimate of drug-likeness (QED) is 0.660. The molecule has 1 fully saturated rings. The minimum atomic E-state index is -0.456. The van der Waals surface area contributed by atoms with Crippen LogP contribution in [-0.4, -0.2) is 48.9 Å². The fourth-order valence-electron chi connectivity index (χ4n) is 3.92. The molecule has 0 spiro atoms. The van der Waals surface area contributed by atoms with Gasteiger partial charge in [-0.1, -0.05) is 48.5 Å². The van der Waals surface area contributed by atoms with Crippen molar-refractivity contribution >= 4 is 33.9 Å². The summed E-state index contributed by atoms with van der Waals surface area (Å²) in [7, 11) is 1.81. The Morgan fingerprint density at radius 1 is 1.21 bits per heavy atom. The van der Waals surface area contributed by atoms with E-state index >= 15 is 0 Å². The molecule has 3 aromatic rings. The zero-order chi connectivity index (χ0) is 20.2. The molecule has 2 heterocycles. The third kappa shape index (κ3) is 4.33. The molecule has 150 valence electrons. The molecule has 6 heteroatoms. The van der Waals surface area contributed by atoms with Gasteiger partial charge in [0.05, 0.1) is 6.04 Å². The van der Waals surface area contributed by atoms with Crippen LogP contribution >= 0.6 is 11.3 Å². The molecule has 0 unspecified atom stereocenters. The number of nitrogens with one attached hydrogen (secondary N) is 2. The summed E-state index contributed by atoms with van der Waals surface area (Å²) in [6.45, 7) is 1.04. The second-order valence-corrected chi connectivity index (χ2v) is 8.38. The molecule has 1 aliphatic rings. The van der Waals surface area contributed by atoms with Crippen molar-refractivity contribution in [2.24, 2.45) is 0 Å². The van der Waals surface area contributed by atoms with E-state index in [4.69, 9.17) is 0 Å². The number of carbonyl (C=O) groups is 2. The van der Waals surface area contributed by atoms with Crippen molar-refractivity contribution in [1.29, 1.82) is 0 Å². The molecule has 2 atom stereocenters. The molecule has 29 heavy (non-hydrogen) atoms.